The van der Waals surface area contributed by atoms with Crippen LogP contribution in [0.3, 0.4) is 0 Å². The first kappa shape index (κ1) is 18.5. The van der Waals surface area contributed by atoms with Gasteiger partial charge in [-0.05, 0) is 31.4 Å². The Kier molecular flexibility index (Phi) is 5.67. The van der Waals surface area contributed by atoms with E-state index >= 15 is 0 Å². The summed E-state index contributed by atoms with van der Waals surface area (Å²) in [5.74, 6) is 0.317. The van der Waals surface area contributed by atoms with Crippen LogP contribution >= 0.6 is 0 Å². The van der Waals surface area contributed by atoms with E-state index in [2.05, 4.69) is 15.5 Å². The number of benzene rings is 1. The minimum Gasteiger partial charge on any atom is -0.356 e. The van der Waals surface area contributed by atoms with Crippen molar-refractivity contribution >= 4 is 15.9 Å². The fourth-order valence-corrected chi connectivity index (χ4v) is 4.62. The molecule has 26 heavy (non-hydrogen) atoms. The van der Waals surface area contributed by atoms with Crippen LogP contribution in [0.2, 0.25) is 0 Å². The average molecular weight is 378 g/mol. The molecule has 0 spiro atoms. The molecule has 1 fully saturated rings. The van der Waals surface area contributed by atoms with Crippen LogP contribution in [-0.4, -0.2) is 41.9 Å². The molecule has 1 aliphatic rings. The lowest BCUT2D eigenvalue weighted by molar-refractivity contribution is -0.120. The topological polar surface area (TPSA) is 105 Å². The van der Waals surface area contributed by atoms with E-state index in [1.54, 1.807) is 30.3 Å². The van der Waals surface area contributed by atoms with Crippen molar-refractivity contribution in [3.8, 4) is 0 Å². The number of hydrogen-bond acceptors (Lipinski definition) is 6. The Morgan fingerprint density at radius 3 is 2.85 bits per heavy atom. The Balaban J connectivity index is 1.76. The maximum atomic E-state index is 12.9. The van der Waals surface area contributed by atoms with Crippen LogP contribution in [0.15, 0.2) is 39.8 Å². The predicted molar refractivity (Wildman–Crippen MR) is 93.6 cm³/mol. The minimum absolute atomic E-state index is 0.0155. The highest BCUT2D eigenvalue weighted by Crippen LogP contribution is 2.35. The number of nitrogens with one attached hydrogen (secondary N) is 1. The van der Waals surface area contributed by atoms with Gasteiger partial charge in [0.05, 0.1) is 11.3 Å². The molecule has 1 aromatic heterocycles. The standard InChI is InChI=1S/C17H22N4O4S/c1-2-10-18-16(22)12-15-19-17(25-20-15)14-9-6-11-21(14)26(23,24)13-7-4-3-5-8-13/h3-5,7-8,14H,2,6,9-12H2,1H3,(H,18,22)/t14-/m0/s1. The predicted octanol–water partition coefficient (Wildman–Crippen LogP) is 1.66. The molecular formula is C17H22N4O4S. The number of carbonyl (C=O) groups is 1. The van der Waals surface area contributed by atoms with Crippen molar-refractivity contribution in [1.82, 2.24) is 19.8 Å². The van der Waals surface area contributed by atoms with Crippen molar-refractivity contribution in [2.24, 2.45) is 0 Å². The zero-order valence-electron chi connectivity index (χ0n) is 14.6. The molecule has 0 radical (unpaired) electrons. The second kappa shape index (κ2) is 7.96. The van der Waals surface area contributed by atoms with Gasteiger partial charge in [0.2, 0.25) is 21.8 Å². The zero-order valence-corrected chi connectivity index (χ0v) is 15.4. The summed E-state index contributed by atoms with van der Waals surface area (Å²) in [6.45, 7) is 2.96. The molecule has 8 nitrogen and oxygen atoms in total. The lowest BCUT2D eigenvalue weighted by atomic mass is 10.2. The van der Waals surface area contributed by atoms with Crippen molar-refractivity contribution < 1.29 is 17.7 Å². The summed E-state index contributed by atoms with van der Waals surface area (Å²) in [4.78, 5) is 16.3. The summed E-state index contributed by atoms with van der Waals surface area (Å²) in [5, 5.41) is 6.58. The van der Waals surface area contributed by atoms with Crippen LogP contribution in [0.5, 0.6) is 0 Å². The van der Waals surface area contributed by atoms with E-state index in [0.29, 0.717) is 25.9 Å². The Morgan fingerprint density at radius 2 is 2.12 bits per heavy atom. The number of nitrogens with zero attached hydrogens (tertiary/aromatic N) is 3. The molecule has 140 valence electrons. The van der Waals surface area contributed by atoms with Gasteiger partial charge in [0.1, 0.15) is 6.04 Å². The molecule has 9 heteroatoms. The minimum atomic E-state index is -3.64. The number of carbonyl (C=O) groups excluding carboxylic acids is 1. The Hall–Kier alpha value is -2.26. The molecule has 1 atom stereocenters. The normalized spacial score (nSPS) is 18.1. The maximum absolute atomic E-state index is 12.9. The van der Waals surface area contributed by atoms with Crippen molar-refractivity contribution in [2.45, 2.75) is 43.5 Å². The van der Waals surface area contributed by atoms with Gasteiger partial charge < -0.3 is 9.84 Å². The highest BCUT2D eigenvalue weighted by atomic mass is 32.2. The molecule has 2 heterocycles. The van der Waals surface area contributed by atoms with E-state index in [0.717, 1.165) is 6.42 Å². The van der Waals surface area contributed by atoms with Gasteiger partial charge in [-0.1, -0.05) is 30.3 Å². The first-order valence-corrected chi connectivity index (χ1v) is 10.1. The van der Waals surface area contributed by atoms with E-state index in [1.165, 1.54) is 4.31 Å². The van der Waals surface area contributed by atoms with Crippen molar-refractivity contribution in [1.29, 1.82) is 0 Å². The van der Waals surface area contributed by atoms with Gasteiger partial charge in [0.25, 0.3) is 0 Å². The van der Waals surface area contributed by atoms with Crippen LogP contribution in [0, 0.1) is 0 Å². The molecule has 2 aromatic rings. The van der Waals surface area contributed by atoms with Crippen LogP contribution < -0.4 is 5.32 Å². The van der Waals surface area contributed by atoms with Crippen LogP contribution in [0.1, 0.15) is 43.9 Å². The fourth-order valence-electron chi connectivity index (χ4n) is 2.95. The molecule has 1 amide bonds. The summed E-state index contributed by atoms with van der Waals surface area (Å²) < 4.78 is 32.5. The lowest BCUT2D eigenvalue weighted by Crippen LogP contribution is -2.31. The van der Waals surface area contributed by atoms with Gasteiger partial charge in [-0.3, -0.25) is 4.79 Å². The molecule has 0 saturated carbocycles. The SMILES string of the molecule is CCCNC(=O)Cc1noc([C@@H]2CCCN2S(=O)(=O)c2ccccc2)n1. The van der Waals surface area contributed by atoms with Crippen LogP contribution in [0.25, 0.3) is 0 Å². The van der Waals surface area contributed by atoms with Gasteiger partial charge in [-0.2, -0.15) is 9.29 Å². The maximum Gasteiger partial charge on any atom is 0.245 e. The van der Waals surface area contributed by atoms with Crippen molar-refractivity contribution in [2.75, 3.05) is 13.1 Å². The quantitative estimate of drug-likeness (QED) is 0.786. The highest BCUT2D eigenvalue weighted by Gasteiger charge is 2.39. The monoisotopic (exact) mass is 378 g/mol. The zero-order chi connectivity index (χ0) is 18.6. The largest absolute Gasteiger partial charge is 0.356 e. The van der Waals surface area contributed by atoms with E-state index in [9.17, 15) is 13.2 Å². The third-order valence-corrected chi connectivity index (χ3v) is 6.14. The van der Waals surface area contributed by atoms with E-state index in [4.69, 9.17) is 4.52 Å². The molecular weight excluding hydrogens is 356 g/mol. The van der Waals surface area contributed by atoms with Crippen LogP contribution in [-0.2, 0) is 21.2 Å². The lowest BCUT2D eigenvalue weighted by Gasteiger charge is -2.21. The summed E-state index contributed by atoms with van der Waals surface area (Å²) in [6.07, 6.45) is 2.18. The summed E-state index contributed by atoms with van der Waals surface area (Å²) in [7, 11) is -3.64. The summed E-state index contributed by atoms with van der Waals surface area (Å²) in [5.41, 5.74) is 0. The third-order valence-electron chi connectivity index (χ3n) is 4.21. The van der Waals surface area contributed by atoms with Gasteiger partial charge in [0, 0.05) is 13.1 Å². The summed E-state index contributed by atoms with van der Waals surface area (Å²) in [6, 6.07) is 7.80. The fraction of sp³-hybridized carbons (Fsp3) is 0.471. The molecule has 1 aromatic carbocycles. The second-order valence-corrected chi connectivity index (χ2v) is 8.05. The molecule has 1 saturated heterocycles. The van der Waals surface area contributed by atoms with Crippen LogP contribution in [0.4, 0.5) is 0 Å². The third kappa shape index (κ3) is 3.94. The molecule has 1 aliphatic heterocycles. The van der Waals surface area contributed by atoms with Gasteiger partial charge in [-0.15, -0.1) is 0 Å². The second-order valence-electron chi connectivity index (χ2n) is 6.16. The Labute approximate surface area is 152 Å². The molecule has 3 rings (SSSR count). The highest BCUT2D eigenvalue weighted by molar-refractivity contribution is 7.89. The van der Waals surface area contributed by atoms with E-state index in [-0.39, 0.29) is 28.9 Å². The van der Waals surface area contributed by atoms with Gasteiger partial charge >= 0.3 is 0 Å². The summed E-state index contributed by atoms with van der Waals surface area (Å²) >= 11 is 0. The Bertz CT molecular complexity index is 851. The number of hydrogen-bond donors (Lipinski definition) is 1. The van der Waals surface area contributed by atoms with E-state index in [1.807, 2.05) is 6.92 Å². The number of aromatic nitrogens is 2. The number of rotatable bonds is 7. The smallest absolute Gasteiger partial charge is 0.245 e. The number of sulfonamides is 1. The molecule has 0 unspecified atom stereocenters. The Morgan fingerprint density at radius 1 is 1.35 bits per heavy atom. The molecule has 0 bridgehead atoms. The van der Waals surface area contributed by atoms with Gasteiger partial charge in [0.15, 0.2) is 5.82 Å². The first-order chi connectivity index (χ1) is 12.5. The molecule has 1 N–H and O–H groups in total. The average Bonchev–Trinajstić information content (AvgIpc) is 3.30. The first-order valence-electron chi connectivity index (χ1n) is 8.68. The van der Waals surface area contributed by atoms with Gasteiger partial charge in [-0.25, -0.2) is 8.42 Å². The van der Waals surface area contributed by atoms with Crippen molar-refractivity contribution in [3.05, 3.63) is 42.0 Å². The van der Waals surface area contributed by atoms with E-state index < -0.39 is 16.1 Å². The molecule has 0 aliphatic carbocycles. The van der Waals surface area contributed by atoms with Crippen molar-refractivity contribution in [3.63, 3.8) is 0 Å². The number of amides is 1.